The molecule has 92 valence electrons. The highest BCUT2D eigenvalue weighted by Crippen LogP contribution is 2.14. The molecule has 17 heavy (non-hydrogen) atoms. The lowest BCUT2D eigenvalue weighted by molar-refractivity contribution is 0.374. The molecule has 0 unspecified atom stereocenters. The molecule has 8 nitrogen and oxygen atoms in total. The normalized spacial score (nSPS) is 11.9. The van der Waals surface area contributed by atoms with E-state index in [0.29, 0.717) is 11.5 Å². The van der Waals surface area contributed by atoms with Gasteiger partial charge in [-0.1, -0.05) is 10.3 Å². The lowest BCUT2D eigenvalue weighted by Crippen LogP contribution is -2.21. The summed E-state index contributed by atoms with van der Waals surface area (Å²) >= 11 is 0. The van der Waals surface area contributed by atoms with Crippen molar-refractivity contribution in [2.24, 2.45) is 0 Å². The Balaban J connectivity index is 2.11. The van der Waals surface area contributed by atoms with Crippen LogP contribution in [0.25, 0.3) is 11.5 Å². The molecule has 1 N–H and O–H groups in total. The number of aromatic nitrogens is 3. The average molecular weight is 258 g/mol. The van der Waals surface area contributed by atoms with Gasteiger partial charge in [0.15, 0.2) is 5.69 Å². The standard InChI is InChI=1S/C8H10N4O4S/c1-5-3-6(11-15-5)8-10-7(16-12-8)4-9-17(2,13)14/h3,9H,4H2,1-2H3. The summed E-state index contributed by atoms with van der Waals surface area (Å²) in [6.45, 7) is 1.69. The van der Waals surface area contributed by atoms with E-state index in [9.17, 15) is 8.42 Å². The summed E-state index contributed by atoms with van der Waals surface area (Å²) in [5.41, 5.74) is 0.442. The van der Waals surface area contributed by atoms with Crippen molar-refractivity contribution in [3.63, 3.8) is 0 Å². The first kappa shape index (κ1) is 11.7. The summed E-state index contributed by atoms with van der Waals surface area (Å²) in [7, 11) is -3.29. The SMILES string of the molecule is Cc1cc(-c2noc(CNS(C)(=O)=O)n2)no1. The van der Waals surface area contributed by atoms with Crippen LogP contribution in [0.3, 0.4) is 0 Å². The van der Waals surface area contributed by atoms with Crippen LogP contribution in [-0.2, 0) is 16.6 Å². The molecular formula is C8H10N4O4S. The van der Waals surface area contributed by atoms with Crippen molar-refractivity contribution in [3.05, 3.63) is 17.7 Å². The van der Waals surface area contributed by atoms with Gasteiger partial charge in [0, 0.05) is 6.07 Å². The zero-order chi connectivity index (χ0) is 12.5. The monoisotopic (exact) mass is 258 g/mol. The molecule has 0 aliphatic heterocycles. The highest BCUT2D eigenvalue weighted by Gasteiger charge is 2.13. The summed E-state index contributed by atoms with van der Waals surface area (Å²) < 4.78 is 33.7. The maximum absolute atomic E-state index is 10.9. The largest absolute Gasteiger partial charge is 0.361 e. The second kappa shape index (κ2) is 4.26. The second-order valence-corrected chi connectivity index (χ2v) is 5.26. The Bertz CT molecular complexity index is 615. The van der Waals surface area contributed by atoms with Gasteiger partial charge in [-0.15, -0.1) is 0 Å². The molecule has 0 saturated carbocycles. The van der Waals surface area contributed by atoms with Gasteiger partial charge < -0.3 is 9.05 Å². The third kappa shape index (κ3) is 3.11. The predicted molar refractivity (Wildman–Crippen MR) is 56.2 cm³/mol. The van der Waals surface area contributed by atoms with Gasteiger partial charge in [0.2, 0.25) is 21.7 Å². The molecule has 2 aromatic heterocycles. The summed E-state index contributed by atoms with van der Waals surface area (Å²) in [5, 5.41) is 7.37. The maximum Gasteiger partial charge on any atom is 0.242 e. The van der Waals surface area contributed by atoms with Gasteiger partial charge in [-0.05, 0) is 6.92 Å². The van der Waals surface area contributed by atoms with Crippen molar-refractivity contribution in [2.75, 3.05) is 6.26 Å². The molecule has 0 aromatic carbocycles. The molecule has 2 heterocycles. The summed E-state index contributed by atoms with van der Waals surface area (Å²) in [6.07, 6.45) is 1.05. The first-order valence-electron chi connectivity index (χ1n) is 4.65. The maximum atomic E-state index is 10.9. The van der Waals surface area contributed by atoms with E-state index in [1.54, 1.807) is 13.0 Å². The number of nitrogens with zero attached hydrogens (tertiary/aromatic N) is 3. The lowest BCUT2D eigenvalue weighted by atomic mass is 10.4. The molecule has 0 amide bonds. The predicted octanol–water partition coefficient (Wildman–Crippen LogP) is 0.0822. The third-order valence-electron chi connectivity index (χ3n) is 1.81. The average Bonchev–Trinajstić information content (AvgIpc) is 2.81. The fraction of sp³-hybridized carbons (Fsp3) is 0.375. The Hall–Kier alpha value is -1.74. The van der Waals surface area contributed by atoms with E-state index in [2.05, 4.69) is 20.0 Å². The second-order valence-electron chi connectivity index (χ2n) is 3.43. The van der Waals surface area contributed by atoms with Crippen LogP contribution < -0.4 is 4.72 Å². The van der Waals surface area contributed by atoms with E-state index in [1.165, 1.54) is 0 Å². The molecule has 0 atom stereocenters. The van der Waals surface area contributed by atoms with E-state index < -0.39 is 10.0 Å². The van der Waals surface area contributed by atoms with Crippen LogP contribution in [0.15, 0.2) is 15.1 Å². The Morgan fingerprint density at radius 2 is 2.12 bits per heavy atom. The van der Waals surface area contributed by atoms with Crippen LogP contribution in [-0.4, -0.2) is 30.0 Å². The van der Waals surface area contributed by atoms with E-state index in [0.717, 1.165) is 6.26 Å². The first-order valence-corrected chi connectivity index (χ1v) is 6.54. The van der Waals surface area contributed by atoms with Crippen molar-refractivity contribution < 1.29 is 17.5 Å². The van der Waals surface area contributed by atoms with Crippen LogP contribution in [0.4, 0.5) is 0 Å². The van der Waals surface area contributed by atoms with Crippen molar-refractivity contribution in [3.8, 4) is 11.5 Å². The van der Waals surface area contributed by atoms with Gasteiger partial charge in [0.05, 0.1) is 12.8 Å². The highest BCUT2D eigenvalue weighted by molar-refractivity contribution is 7.88. The zero-order valence-electron chi connectivity index (χ0n) is 9.17. The molecule has 0 radical (unpaired) electrons. The summed E-state index contributed by atoms with van der Waals surface area (Å²) in [6, 6.07) is 1.65. The molecule has 0 aliphatic carbocycles. The van der Waals surface area contributed by atoms with Crippen LogP contribution in [0.5, 0.6) is 0 Å². The Morgan fingerprint density at radius 1 is 1.35 bits per heavy atom. The van der Waals surface area contributed by atoms with E-state index in [1.807, 2.05) is 0 Å². The van der Waals surface area contributed by atoms with Crippen molar-refractivity contribution in [2.45, 2.75) is 13.5 Å². The van der Waals surface area contributed by atoms with Crippen LogP contribution in [0, 0.1) is 6.92 Å². The van der Waals surface area contributed by atoms with Gasteiger partial charge in [-0.3, -0.25) is 0 Å². The van der Waals surface area contributed by atoms with Gasteiger partial charge in [-0.25, -0.2) is 13.1 Å². The van der Waals surface area contributed by atoms with Gasteiger partial charge in [0.25, 0.3) is 0 Å². The Kier molecular flexibility index (Phi) is 2.94. The van der Waals surface area contributed by atoms with Crippen LogP contribution in [0.1, 0.15) is 11.7 Å². The quantitative estimate of drug-likeness (QED) is 0.826. The summed E-state index contributed by atoms with van der Waals surface area (Å²) in [5.74, 6) is 1.04. The molecule has 0 saturated heterocycles. The molecule has 0 bridgehead atoms. The van der Waals surface area contributed by atoms with Crippen molar-refractivity contribution in [1.82, 2.24) is 20.0 Å². The van der Waals surface area contributed by atoms with Gasteiger partial charge in [-0.2, -0.15) is 4.98 Å². The Labute approximate surface area is 97.0 Å². The molecule has 0 aliphatic rings. The molecule has 2 aromatic rings. The first-order chi connectivity index (χ1) is 7.94. The van der Waals surface area contributed by atoms with E-state index in [-0.39, 0.29) is 18.3 Å². The minimum absolute atomic E-state index is 0.0529. The number of hydrogen-bond donors (Lipinski definition) is 1. The van der Waals surface area contributed by atoms with Crippen molar-refractivity contribution >= 4 is 10.0 Å². The molecule has 0 fully saturated rings. The number of rotatable bonds is 4. The number of nitrogens with one attached hydrogen (secondary N) is 1. The number of aryl methyl sites for hydroxylation is 1. The lowest BCUT2D eigenvalue weighted by Gasteiger charge is -1.95. The third-order valence-corrected chi connectivity index (χ3v) is 2.48. The molecular weight excluding hydrogens is 248 g/mol. The summed E-state index contributed by atoms with van der Waals surface area (Å²) in [4.78, 5) is 3.97. The van der Waals surface area contributed by atoms with Gasteiger partial charge >= 0.3 is 0 Å². The molecule has 9 heteroatoms. The number of hydrogen-bond acceptors (Lipinski definition) is 7. The van der Waals surface area contributed by atoms with Crippen LogP contribution >= 0.6 is 0 Å². The molecule has 2 rings (SSSR count). The Morgan fingerprint density at radius 3 is 2.71 bits per heavy atom. The highest BCUT2D eigenvalue weighted by atomic mass is 32.2. The van der Waals surface area contributed by atoms with Crippen LogP contribution in [0.2, 0.25) is 0 Å². The van der Waals surface area contributed by atoms with Gasteiger partial charge in [0.1, 0.15) is 5.76 Å². The van der Waals surface area contributed by atoms with E-state index in [4.69, 9.17) is 9.05 Å². The minimum atomic E-state index is -3.29. The fourth-order valence-corrected chi connectivity index (χ4v) is 1.48. The topological polar surface area (TPSA) is 111 Å². The fourth-order valence-electron chi connectivity index (χ4n) is 1.10. The van der Waals surface area contributed by atoms with E-state index >= 15 is 0 Å². The number of sulfonamides is 1. The molecule has 0 spiro atoms. The van der Waals surface area contributed by atoms with Crippen molar-refractivity contribution in [1.29, 1.82) is 0 Å². The zero-order valence-corrected chi connectivity index (χ0v) is 9.98. The minimum Gasteiger partial charge on any atom is -0.361 e. The smallest absolute Gasteiger partial charge is 0.242 e.